The van der Waals surface area contributed by atoms with Gasteiger partial charge in [0, 0.05) is 25.5 Å². The first kappa shape index (κ1) is 23.8. The molecule has 0 spiro atoms. The van der Waals surface area contributed by atoms with E-state index in [0.29, 0.717) is 19.5 Å². The van der Waals surface area contributed by atoms with Gasteiger partial charge in [0.25, 0.3) is 0 Å². The zero-order valence-corrected chi connectivity index (χ0v) is 20.7. The Hall–Kier alpha value is -3.35. The highest BCUT2D eigenvalue weighted by atomic mass is 16.6. The Morgan fingerprint density at radius 3 is 2.53 bits per heavy atom. The van der Waals surface area contributed by atoms with Crippen LogP contribution in [-0.4, -0.2) is 44.9 Å². The summed E-state index contributed by atoms with van der Waals surface area (Å²) in [5, 5.41) is 8.34. The van der Waals surface area contributed by atoms with Crippen LogP contribution in [0, 0.1) is 12.8 Å². The van der Waals surface area contributed by atoms with E-state index < -0.39 is 17.7 Å². The second-order valence-electron chi connectivity index (χ2n) is 10.3. The third-order valence-corrected chi connectivity index (χ3v) is 6.24. The lowest BCUT2D eigenvalue weighted by Crippen LogP contribution is -2.47. The minimum absolute atomic E-state index is 0.149. The van der Waals surface area contributed by atoms with Gasteiger partial charge in [-0.05, 0) is 69.7 Å². The summed E-state index contributed by atoms with van der Waals surface area (Å²) >= 11 is 0. The molecule has 4 rings (SSSR count). The minimum atomic E-state index is -0.619. The van der Waals surface area contributed by atoms with Crippen molar-refractivity contribution >= 4 is 22.9 Å². The van der Waals surface area contributed by atoms with Gasteiger partial charge < -0.3 is 10.1 Å². The summed E-state index contributed by atoms with van der Waals surface area (Å²) in [4.78, 5) is 27.8. The zero-order chi connectivity index (χ0) is 24.5. The van der Waals surface area contributed by atoms with E-state index in [4.69, 9.17) is 4.74 Å². The second kappa shape index (κ2) is 9.49. The molecular formula is C27H34N4O3. The maximum absolute atomic E-state index is 13.2. The van der Waals surface area contributed by atoms with Crippen LogP contribution in [0.2, 0.25) is 0 Å². The average molecular weight is 463 g/mol. The first-order chi connectivity index (χ1) is 16.1. The van der Waals surface area contributed by atoms with Crippen LogP contribution in [0.5, 0.6) is 0 Å². The highest BCUT2D eigenvalue weighted by Crippen LogP contribution is 2.29. The average Bonchev–Trinajstić information content (AvgIpc) is 3.36. The van der Waals surface area contributed by atoms with Gasteiger partial charge in [-0.25, -0.2) is 4.79 Å². The topological polar surface area (TPSA) is 76.5 Å². The molecule has 1 aliphatic heterocycles. The Morgan fingerprint density at radius 2 is 1.82 bits per heavy atom. The normalized spacial score (nSPS) is 18.3. The number of fused-ring (bicyclic) bond motifs is 1. The molecule has 1 saturated heterocycles. The van der Waals surface area contributed by atoms with Crippen LogP contribution < -0.4 is 5.32 Å². The number of ether oxygens (including phenoxy) is 1. The summed E-state index contributed by atoms with van der Waals surface area (Å²) in [5.74, 6) is 0.0428. The number of aromatic nitrogens is 2. The SMILES string of the molecule is Cc1ccc(CC2C[C@H](C(=O)NCc3ccc4c(cnn4C)c3)N(C(=O)OC(C)(C)C)C2)cc1. The molecule has 34 heavy (non-hydrogen) atoms. The van der Waals surface area contributed by atoms with E-state index in [1.54, 1.807) is 4.90 Å². The molecule has 0 radical (unpaired) electrons. The van der Waals surface area contributed by atoms with E-state index in [1.165, 1.54) is 11.1 Å². The van der Waals surface area contributed by atoms with Gasteiger partial charge in [-0.2, -0.15) is 5.10 Å². The molecule has 1 unspecified atom stereocenters. The molecule has 2 heterocycles. The number of carbonyl (C=O) groups is 2. The highest BCUT2D eigenvalue weighted by Gasteiger charge is 2.41. The van der Waals surface area contributed by atoms with Crippen LogP contribution in [0.15, 0.2) is 48.7 Å². The van der Waals surface area contributed by atoms with Gasteiger partial charge in [-0.3, -0.25) is 14.4 Å². The lowest BCUT2D eigenvalue weighted by molar-refractivity contribution is -0.125. The molecule has 3 aromatic rings. The van der Waals surface area contributed by atoms with Crippen LogP contribution in [0.25, 0.3) is 10.9 Å². The standard InChI is InChI=1S/C27H34N4O3/c1-18-6-8-19(9-7-18)12-21-14-24(31(17-21)26(33)34-27(2,3)4)25(32)28-15-20-10-11-23-22(13-20)16-29-30(23)5/h6-11,13,16,21,24H,12,14-15,17H2,1-5H3,(H,28,32)/t21?,24-/m1/s1. The third kappa shape index (κ3) is 5.58. The quantitative estimate of drug-likeness (QED) is 0.611. The van der Waals surface area contributed by atoms with Crippen molar-refractivity contribution in [2.24, 2.45) is 13.0 Å². The number of amides is 2. The van der Waals surface area contributed by atoms with E-state index >= 15 is 0 Å². The Morgan fingerprint density at radius 1 is 1.12 bits per heavy atom. The molecule has 180 valence electrons. The number of hydrogen-bond donors (Lipinski definition) is 1. The smallest absolute Gasteiger partial charge is 0.410 e. The molecule has 2 amide bonds. The van der Waals surface area contributed by atoms with Gasteiger partial charge >= 0.3 is 6.09 Å². The van der Waals surface area contributed by atoms with Crippen molar-refractivity contribution in [3.8, 4) is 0 Å². The number of likely N-dealkylation sites (tertiary alicyclic amines) is 1. The summed E-state index contributed by atoms with van der Waals surface area (Å²) in [6.45, 7) is 8.49. The molecule has 0 aliphatic carbocycles. The van der Waals surface area contributed by atoms with E-state index in [1.807, 2.05) is 56.9 Å². The number of carbonyl (C=O) groups excluding carboxylic acids is 2. The largest absolute Gasteiger partial charge is 0.444 e. The molecule has 1 fully saturated rings. The molecule has 2 aromatic carbocycles. The Labute approximate surface area is 201 Å². The molecule has 1 aliphatic rings. The Balaban J connectivity index is 1.46. The molecule has 2 atom stereocenters. The van der Waals surface area contributed by atoms with Gasteiger partial charge in [0.1, 0.15) is 11.6 Å². The lowest BCUT2D eigenvalue weighted by atomic mass is 9.96. The van der Waals surface area contributed by atoms with Gasteiger partial charge in [0.2, 0.25) is 5.91 Å². The third-order valence-electron chi connectivity index (χ3n) is 6.24. The van der Waals surface area contributed by atoms with Crippen molar-refractivity contribution in [1.82, 2.24) is 20.0 Å². The fourth-order valence-electron chi connectivity index (χ4n) is 4.53. The summed E-state index contributed by atoms with van der Waals surface area (Å²) < 4.78 is 7.45. The monoisotopic (exact) mass is 462 g/mol. The fourth-order valence-corrected chi connectivity index (χ4v) is 4.53. The zero-order valence-electron chi connectivity index (χ0n) is 20.7. The molecule has 1 aromatic heterocycles. The predicted octanol–water partition coefficient (Wildman–Crippen LogP) is 4.37. The van der Waals surface area contributed by atoms with Crippen molar-refractivity contribution in [3.05, 3.63) is 65.4 Å². The molecule has 0 bridgehead atoms. The lowest BCUT2D eigenvalue weighted by Gasteiger charge is -2.28. The first-order valence-electron chi connectivity index (χ1n) is 11.8. The van der Waals surface area contributed by atoms with Crippen LogP contribution in [0.1, 0.15) is 43.9 Å². The van der Waals surface area contributed by atoms with E-state index in [2.05, 4.69) is 41.6 Å². The highest BCUT2D eigenvalue weighted by molar-refractivity contribution is 5.86. The van der Waals surface area contributed by atoms with Crippen LogP contribution >= 0.6 is 0 Å². The predicted molar refractivity (Wildman–Crippen MR) is 132 cm³/mol. The minimum Gasteiger partial charge on any atom is -0.444 e. The number of nitrogens with zero attached hydrogens (tertiary/aromatic N) is 3. The van der Waals surface area contributed by atoms with Gasteiger partial charge in [0.15, 0.2) is 0 Å². The molecular weight excluding hydrogens is 428 g/mol. The number of aryl methyl sites for hydroxylation is 2. The molecule has 0 saturated carbocycles. The summed E-state index contributed by atoms with van der Waals surface area (Å²) in [5.41, 5.74) is 3.84. The van der Waals surface area contributed by atoms with E-state index in [-0.39, 0.29) is 11.8 Å². The Kier molecular flexibility index (Phi) is 6.64. The Bertz CT molecular complexity index is 1180. The number of benzene rings is 2. The molecule has 7 heteroatoms. The summed E-state index contributed by atoms with van der Waals surface area (Å²) in [6, 6.07) is 13.9. The number of rotatable bonds is 5. The molecule has 7 nitrogen and oxygen atoms in total. The van der Waals surface area contributed by atoms with E-state index in [0.717, 1.165) is 22.9 Å². The maximum Gasteiger partial charge on any atom is 0.410 e. The maximum atomic E-state index is 13.2. The van der Waals surface area contributed by atoms with Crippen molar-refractivity contribution in [1.29, 1.82) is 0 Å². The van der Waals surface area contributed by atoms with Gasteiger partial charge in [-0.1, -0.05) is 35.9 Å². The van der Waals surface area contributed by atoms with Gasteiger partial charge in [-0.15, -0.1) is 0 Å². The van der Waals surface area contributed by atoms with Gasteiger partial charge in [0.05, 0.1) is 11.7 Å². The second-order valence-corrected chi connectivity index (χ2v) is 10.3. The van der Waals surface area contributed by atoms with Crippen molar-refractivity contribution in [2.75, 3.05) is 6.54 Å². The van der Waals surface area contributed by atoms with Crippen molar-refractivity contribution < 1.29 is 14.3 Å². The summed E-state index contributed by atoms with van der Waals surface area (Å²) in [6.07, 6.45) is 2.81. The van der Waals surface area contributed by atoms with Crippen molar-refractivity contribution in [3.63, 3.8) is 0 Å². The number of nitrogens with one attached hydrogen (secondary N) is 1. The van der Waals surface area contributed by atoms with Crippen molar-refractivity contribution in [2.45, 2.75) is 58.7 Å². The van der Waals surface area contributed by atoms with Crippen LogP contribution in [0.3, 0.4) is 0 Å². The van der Waals surface area contributed by atoms with E-state index in [9.17, 15) is 9.59 Å². The van der Waals surface area contributed by atoms with Crippen LogP contribution in [-0.2, 0) is 29.5 Å². The van der Waals surface area contributed by atoms with Crippen LogP contribution in [0.4, 0.5) is 4.79 Å². The molecule has 1 N–H and O–H groups in total. The first-order valence-corrected chi connectivity index (χ1v) is 11.8. The number of hydrogen-bond acceptors (Lipinski definition) is 4. The fraction of sp³-hybridized carbons (Fsp3) is 0.444. The summed E-state index contributed by atoms with van der Waals surface area (Å²) in [7, 11) is 1.90.